The zero-order valence-corrected chi connectivity index (χ0v) is 10.7. The largest absolute Gasteiger partial charge is 0.480 e. The maximum atomic E-state index is 11.0. The summed E-state index contributed by atoms with van der Waals surface area (Å²) in [6.07, 6.45) is 4.10. The lowest BCUT2D eigenvalue weighted by Gasteiger charge is -2.15. The Morgan fingerprint density at radius 3 is 3.00 bits per heavy atom. The summed E-state index contributed by atoms with van der Waals surface area (Å²) in [5, 5.41) is 12.0. The van der Waals surface area contributed by atoms with Crippen molar-refractivity contribution >= 4 is 27.7 Å². The number of pyridine rings is 1. The summed E-state index contributed by atoms with van der Waals surface area (Å²) >= 11 is 3.32. The van der Waals surface area contributed by atoms with E-state index in [2.05, 4.69) is 26.2 Å². The number of carbonyl (C=O) groups is 1. The SMILES string of the molecule is CCCCC(Nc1ncccc1Br)C(=O)O. The predicted octanol–water partition coefficient (Wildman–Crippen LogP) is 2.90. The lowest BCUT2D eigenvalue weighted by atomic mass is 10.1. The molecule has 1 atom stereocenters. The number of nitrogens with one attached hydrogen (secondary N) is 1. The van der Waals surface area contributed by atoms with E-state index in [0.29, 0.717) is 12.2 Å². The molecule has 5 heteroatoms. The maximum absolute atomic E-state index is 11.0. The van der Waals surface area contributed by atoms with Crippen LogP contribution < -0.4 is 5.32 Å². The van der Waals surface area contributed by atoms with Crippen molar-refractivity contribution in [3.8, 4) is 0 Å². The molecular formula is C11H15BrN2O2. The summed E-state index contributed by atoms with van der Waals surface area (Å²) in [4.78, 5) is 15.1. The number of halogens is 1. The zero-order chi connectivity index (χ0) is 12.0. The Bertz CT molecular complexity index is 358. The van der Waals surface area contributed by atoms with Crippen LogP contribution in [0.1, 0.15) is 26.2 Å². The first-order valence-electron chi connectivity index (χ1n) is 5.25. The monoisotopic (exact) mass is 286 g/mol. The van der Waals surface area contributed by atoms with Crippen molar-refractivity contribution in [1.29, 1.82) is 0 Å². The van der Waals surface area contributed by atoms with E-state index in [1.54, 1.807) is 12.3 Å². The first-order chi connectivity index (χ1) is 7.65. The van der Waals surface area contributed by atoms with Gasteiger partial charge in [0.05, 0.1) is 4.47 Å². The molecule has 0 saturated heterocycles. The molecule has 1 aromatic heterocycles. The zero-order valence-electron chi connectivity index (χ0n) is 9.11. The van der Waals surface area contributed by atoms with Gasteiger partial charge in [-0.3, -0.25) is 0 Å². The van der Waals surface area contributed by atoms with Gasteiger partial charge >= 0.3 is 5.97 Å². The van der Waals surface area contributed by atoms with Gasteiger partial charge in [-0.1, -0.05) is 19.8 Å². The number of aromatic nitrogens is 1. The molecule has 1 heterocycles. The summed E-state index contributed by atoms with van der Waals surface area (Å²) in [6, 6.07) is 3.04. The molecule has 0 aliphatic heterocycles. The van der Waals surface area contributed by atoms with E-state index < -0.39 is 12.0 Å². The van der Waals surface area contributed by atoms with Crippen molar-refractivity contribution in [3.63, 3.8) is 0 Å². The van der Waals surface area contributed by atoms with Gasteiger partial charge in [0.15, 0.2) is 0 Å². The Morgan fingerprint density at radius 2 is 2.44 bits per heavy atom. The van der Waals surface area contributed by atoms with Crippen molar-refractivity contribution in [2.24, 2.45) is 0 Å². The van der Waals surface area contributed by atoms with Crippen LogP contribution in [-0.2, 0) is 4.79 Å². The number of rotatable bonds is 6. The van der Waals surface area contributed by atoms with Gasteiger partial charge in [-0.05, 0) is 34.5 Å². The van der Waals surface area contributed by atoms with Gasteiger partial charge in [0.1, 0.15) is 11.9 Å². The molecule has 0 spiro atoms. The molecule has 0 saturated carbocycles. The highest BCUT2D eigenvalue weighted by Crippen LogP contribution is 2.20. The molecular weight excluding hydrogens is 272 g/mol. The number of nitrogens with zero attached hydrogens (tertiary/aromatic N) is 1. The Balaban J connectivity index is 2.68. The molecule has 0 bridgehead atoms. The lowest BCUT2D eigenvalue weighted by Crippen LogP contribution is -2.29. The van der Waals surface area contributed by atoms with E-state index in [0.717, 1.165) is 17.3 Å². The summed E-state index contributed by atoms with van der Waals surface area (Å²) in [5.41, 5.74) is 0. The molecule has 0 aromatic carbocycles. The van der Waals surface area contributed by atoms with Crippen LogP contribution in [0.15, 0.2) is 22.8 Å². The second-order valence-corrected chi connectivity index (χ2v) is 4.37. The van der Waals surface area contributed by atoms with Gasteiger partial charge in [0, 0.05) is 6.20 Å². The van der Waals surface area contributed by atoms with Crippen LogP contribution in [0.2, 0.25) is 0 Å². The van der Waals surface area contributed by atoms with Gasteiger partial charge in [-0.15, -0.1) is 0 Å². The second kappa shape index (κ2) is 6.48. The van der Waals surface area contributed by atoms with Crippen LogP contribution in [0.3, 0.4) is 0 Å². The molecule has 1 aromatic rings. The van der Waals surface area contributed by atoms with E-state index >= 15 is 0 Å². The van der Waals surface area contributed by atoms with Crippen molar-refractivity contribution < 1.29 is 9.90 Å². The summed E-state index contributed by atoms with van der Waals surface area (Å²) < 4.78 is 0.776. The number of aliphatic carboxylic acids is 1. The average molecular weight is 287 g/mol. The van der Waals surface area contributed by atoms with Crippen molar-refractivity contribution in [3.05, 3.63) is 22.8 Å². The highest BCUT2D eigenvalue weighted by atomic mass is 79.9. The van der Waals surface area contributed by atoms with Crippen molar-refractivity contribution in [1.82, 2.24) is 4.98 Å². The van der Waals surface area contributed by atoms with Crippen LogP contribution in [0.25, 0.3) is 0 Å². The van der Waals surface area contributed by atoms with Gasteiger partial charge in [0.2, 0.25) is 0 Å². The predicted molar refractivity (Wildman–Crippen MR) is 66.5 cm³/mol. The summed E-state index contributed by atoms with van der Waals surface area (Å²) in [6.45, 7) is 2.04. The number of carboxylic acids is 1. The van der Waals surface area contributed by atoms with Crippen LogP contribution in [0.4, 0.5) is 5.82 Å². The van der Waals surface area contributed by atoms with E-state index in [4.69, 9.17) is 5.11 Å². The van der Waals surface area contributed by atoms with Crippen LogP contribution in [-0.4, -0.2) is 22.1 Å². The van der Waals surface area contributed by atoms with E-state index in [-0.39, 0.29) is 0 Å². The van der Waals surface area contributed by atoms with Crippen LogP contribution in [0.5, 0.6) is 0 Å². The molecule has 16 heavy (non-hydrogen) atoms. The molecule has 0 radical (unpaired) electrons. The smallest absolute Gasteiger partial charge is 0.326 e. The maximum Gasteiger partial charge on any atom is 0.326 e. The van der Waals surface area contributed by atoms with Gasteiger partial charge in [-0.25, -0.2) is 9.78 Å². The normalized spacial score (nSPS) is 12.1. The molecule has 2 N–H and O–H groups in total. The van der Waals surface area contributed by atoms with Crippen molar-refractivity contribution in [2.45, 2.75) is 32.2 Å². The van der Waals surface area contributed by atoms with E-state index in [1.807, 2.05) is 13.0 Å². The number of hydrogen-bond donors (Lipinski definition) is 2. The molecule has 0 aliphatic carbocycles. The fraction of sp³-hybridized carbons (Fsp3) is 0.455. The Labute approximate surface area is 103 Å². The Hall–Kier alpha value is -1.10. The standard InChI is InChI=1S/C11H15BrN2O2/c1-2-3-6-9(11(15)16)14-10-8(12)5-4-7-13-10/h4-5,7,9H,2-3,6H2,1H3,(H,13,14)(H,15,16). The van der Waals surface area contributed by atoms with Crippen LogP contribution >= 0.6 is 15.9 Å². The number of hydrogen-bond acceptors (Lipinski definition) is 3. The molecule has 1 rings (SSSR count). The summed E-state index contributed by atoms with van der Waals surface area (Å²) in [5.74, 6) is -0.267. The van der Waals surface area contributed by atoms with Gasteiger partial charge < -0.3 is 10.4 Å². The average Bonchev–Trinajstić information content (AvgIpc) is 2.26. The first-order valence-corrected chi connectivity index (χ1v) is 6.04. The number of anilines is 1. The van der Waals surface area contributed by atoms with Crippen LogP contribution in [0, 0.1) is 0 Å². The Morgan fingerprint density at radius 1 is 1.69 bits per heavy atom. The minimum absolute atomic E-state index is 0.575. The lowest BCUT2D eigenvalue weighted by molar-refractivity contribution is -0.138. The topological polar surface area (TPSA) is 62.2 Å². The third-order valence-corrected chi connectivity index (χ3v) is 2.85. The molecule has 0 fully saturated rings. The number of unbranched alkanes of at least 4 members (excludes halogenated alkanes) is 1. The fourth-order valence-electron chi connectivity index (χ4n) is 1.32. The van der Waals surface area contributed by atoms with E-state index in [1.165, 1.54) is 0 Å². The molecule has 4 nitrogen and oxygen atoms in total. The quantitative estimate of drug-likeness (QED) is 0.844. The fourth-order valence-corrected chi connectivity index (χ4v) is 1.69. The minimum atomic E-state index is -0.842. The third-order valence-electron chi connectivity index (χ3n) is 2.21. The second-order valence-electron chi connectivity index (χ2n) is 3.51. The summed E-state index contributed by atoms with van der Waals surface area (Å²) in [7, 11) is 0. The highest BCUT2D eigenvalue weighted by Gasteiger charge is 2.17. The molecule has 0 aliphatic rings. The minimum Gasteiger partial charge on any atom is -0.480 e. The number of carboxylic acid groups (broad SMARTS) is 1. The molecule has 1 unspecified atom stereocenters. The van der Waals surface area contributed by atoms with E-state index in [9.17, 15) is 4.79 Å². The third kappa shape index (κ3) is 3.81. The van der Waals surface area contributed by atoms with Gasteiger partial charge in [0.25, 0.3) is 0 Å². The Kier molecular flexibility index (Phi) is 5.25. The molecule has 0 amide bonds. The molecule has 88 valence electrons. The van der Waals surface area contributed by atoms with Crippen molar-refractivity contribution in [2.75, 3.05) is 5.32 Å². The first kappa shape index (κ1) is 13.0. The van der Waals surface area contributed by atoms with Gasteiger partial charge in [-0.2, -0.15) is 0 Å². The highest BCUT2D eigenvalue weighted by molar-refractivity contribution is 9.10.